The molecule has 108 valence electrons. The molecule has 1 heterocycles. The molecule has 3 nitrogen and oxygen atoms in total. The van der Waals surface area contributed by atoms with E-state index in [4.69, 9.17) is 0 Å². The molecule has 1 aliphatic heterocycles. The summed E-state index contributed by atoms with van der Waals surface area (Å²) in [7, 11) is 0. The van der Waals surface area contributed by atoms with Crippen LogP contribution >= 0.6 is 0 Å². The molecule has 3 heteroatoms. The fraction of sp³-hybridized carbons (Fsp3) is 0.529. The Morgan fingerprint density at radius 3 is 2.25 bits per heavy atom. The van der Waals surface area contributed by atoms with Crippen LogP contribution in [-0.2, 0) is 15.0 Å². The number of amides is 2. The van der Waals surface area contributed by atoms with Gasteiger partial charge in [-0.05, 0) is 23.0 Å². The van der Waals surface area contributed by atoms with Gasteiger partial charge in [0.2, 0.25) is 11.8 Å². The molecule has 1 fully saturated rings. The van der Waals surface area contributed by atoms with Gasteiger partial charge in [0.05, 0.1) is 11.6 Å². The predicted octanol–water partition coefficient (Wildman–Crippen LogP) is 3.52. The molecular formula is C17H23NO2. The van der Waals surface area contributed by atoms with Crippen LogP contribution < -0.4 is 4.90 Å². The first-order valence-corrected chi connectivity index (χ1v) is 7.19. The number of hydrogen-bond donors (Lipinski definition) is 0. The van der Waals surface area contributed by atoms with Crippen LogP contribution in [0.3, 0.4) is 0 Å². The highest BCUT2D eigenvalue weighted by molar-refractivity contribution is 6.21. The predicted molar refractivity (Wildman–Crippen MR) is 80.6 cm³/mol. The van der Waals surface area contributed by atoms with Crippen LogP contribution in [0.1, 0.15) is 46.6 Å². The van der Waals surface area contributed by atoms with E-state index < -0.39 is 0 Å². The molecule has 1 aromatic rings. The zero-order chi connectivity index (χ0) is 15.1. The van der Waals surface area contributed by atoms with Crippen molar-refractivity contribution in [2.45, 2.75) is 46.5 Å². The molecular weight excluding hydrogens is 250 g/mol. The van der Waals surface area contributed by atoms with Gasteiger partial charge in [-0.2, -0.15) is 0 Å². The summed E-state index contributed by atoms with van der Waals surface area (Å²) in [4.78, 5) is 26.2. The van der Waals surface area contributed by atoms with Crippen LogP contribution in [0.15, 0.2) is 24.3 Å². The molecule has 0 N–H and O–H groups in total. The third-order valence-electron chi connectivity index (χ3n) is 3.94. The maximum Gasteiger partial charge on any atom is 0.237 e. The summed E-state index contributed by atoms with van der Waals surface area (Å²) in [5.74, 6) is -0.124. The summed E-state index contributed by atoms with van der Waals surface area (Å²) in [5.41, 5.74) is 1.68. The minimum absolute atomic E-state index is 0.0540. The molecule has 20 heavy (non-hydrogen) atoms. The first-order chi connectivity index (χ1) is 9.23. The van der Waals surface area contributed by atoms with E-state index in [1.54, 1.807) is 0 Å². The quantitative estimate of drug-likeness (QED) is 0.773. The van der Waals surface area contributed by atoms with Crippen molar-refractivity contribution in [3.63, 3.8) is 0 Å². The molecule has 1 aromatic carbocycles. The highest BCUT2D eigenvalue weighted by atomic mass is 16.2. The SMILES string of the molecule is CC(C)C1CC(=O)N(c2ccccc2C(C)(C)C)C1=O. The fourth-order valence-electron chi connectivity index (χ4n) is 2.73. The Balaban J connectivity index is 2.48. The van der Waals surface area contributed by atoms with E-state index in [1.165, 1.54) is 4.90 Å². The highest BCUT2D eigenvalue weighted by Gasteiger charge is 2.42. The molecule has 1 unspecified atom stereocenters. The van der Waals surface area contributed by atoms with E-state index in [0.717, 1.165) is 11.3 Å². The Morgan fingerprint density at radius 1 is 1.15 bits per heavy atom. The lowest BCUT2D eigenvalue weighted by molar-refractivity contribution is -0.122. The summed E-state index contributed by atoms with van der Waals surface area (Å²) in [5, 5.41) is 0. The van der Waals surface area contributed by atoms with Gasteiger partial charge in [0, 0.05) is 6.42 Å². The largest absolute Gasteiger partial charge is 0.274 e. The summed E-state index contributed by atoms with van der Waals surface area (Å²) in [6.45, 7) is 10.3. The van der Waals surface area contributed by atoms with E-state index in [1.807, 2.05) is 38.1 Å². The van der Waals surface area contributed by atoms with E-state index in [9.17, 15) is 9.59 Å². The van der Waals surface area contributed by atoms with Gasteiger partial charge in [0.1, 0.15) is 0 Å². The van der Waals surface area contributed by atoms with Gasteiger partial charge in [-0.3, -0.25) is 9.59 Å². The van der Waals surface area contributed by atoms with Gasteiger partial charge in [-0.15, -0.1) is 0 Å². The third-order valence-corrected chi connectivity index (χ3v) is 3.94. The second-order valence-corrected chi connectivity index (χ2v) is 6.89. The van der Waals surface area contributed by atoms with E-state index in [-0.39, 0.29) is 29.1 Å². The number of carbonyl (C=O) groups excluding carboxylic acids is 2. The van der Waals surface area contributed by atoms with E-state index >= 15 is 0 Å². The molecule has 0 aliphatic carbocycles. The molecule has 0 bridgehead atoms. The lowest BCUT2D eigenvalue weighted by Gasteiger charge is -2.27. The van der Waals surface area contributed by atoms with Crippen molar-refractivity contribution >= 4 is 17.5 Å². The van der Waals surface area contributed by atoms with Crippen molar-refractivity contribution in [1.29, 1.82) is 0 Å². The Hall–Kier alpha value is -1.64. The molecule has 0 spiro atoms. The molecule has 1 aliphatic rings. The monoisotopic (exact) mass is 273 g/mol. The van der Waals surface area contributed by atoms with Crippen LogP contribution in [0, 0.1) is 11.8 Å². The number of rotatable bonds is 2. The zero-order valence-electron chi connectivity index (χ0n) is 12.9. The lowest BCUT2D eigenvalue weighted by Crippen LogP contribution is -2.33. The molecule has 1 saturated heterocycles. The Bertz CT molecular complexity index is 540. The van der Waals surface area contributed by atoms with Crippen molar-refractivity contribution in [3.8, 4) is 0 Å². The number of imide groups is 1. The van der Waals surface area contributed by atoms with Crippen LogP contribution in [-0.4, -0.2) is 11.8 Å². The summed E-state index contributed by atoms with van der Waals surface area (Å²) < 4.78 is 0. The maximum atomic E-state index is 12.5. The number of benzene rings is 1. The van der Waals surface area contributed by atoms with Crippen LogP contribution in [0.2, 0.25) is 0 Å². The number of hydrogen-bond acceptors (Lipinski definition) is 2. The third kappa shape index (κ3) is 2.49. The second-order valence-electron chi connectivity index (χ2n) is 6.89. The van der Waals surface area contributed by atoms with Crippen LogP contribution in [0.5, 0.6) is 0 Å². The molecule has 1 atom stereocenters. The van der Waals surface area contributed by atoms with Gasteiger partial charge >= 0.3 is 0 Å². The smallest absolute Gasteiger partial charge is 0.237 e. The van der Waals surface area contributed by atoms with Gasteiger partial charge in [0.15, 0.2) is 0 Å². The van der Waals surface area contributed by atoms with E-state index in [0.29, 0.717) is 6.42 Å². The number of carbonyl (C=O) groups is 2. The molecule has 2 rings (SSSR count). The van der Waals surface area contributed by atoms with Gasteiger partial charge in [-0.1, -0.05) is 52.8 Å². The van der Waals surface area contributed by atoms with Gasteiger partial charge in [0.25, 0.3) is 0 Å². The highest BCUT2D eigenvalue weighted by Crippen LogP contribution is 2.37. The minimum atomic E-state index is -0.185. The number of nitrogens with zero attached hydrogens (tertiary/aromatic N) is 1. The standard InChI is InChI=1S/C17H23NO2/c1-11(2)12-10-15(19)18(16(12)20)14-9-7-6-8-13(14)17(3,4)5/h6-9,11-12H,10H2,1-5H3. The normalized spacial score (nSPS) is 20.1. The van der Waals surface area contributed by atoms with Crippen LogP contribution in [0.25, 0.3) is 0 Å². The zero-order valence-corrected chi connectivity index (χ0v) is 12.9. The molecule has 0 saturated carbocycles. The van der Waals surface area contributed by atoms with Crippen LogP contribution in [0.4, 0.5) is 5.69 Å². The topological polar surface area (TPSA) is 37.4 Å². The summed E-state index contributed by atoms with van der Waals surface area (Å²) >= 11 is 0. The summed E-state index contributed by atoms with van der Waals surface area (Å²) in [6.07, 6.45) is 0.328. The fourth-order valence-corrected chi connectivity index (χ4v) is 2.73. The first-order valence-electron chi connectivity index (χ1n) is 7.19. The minimum Gasteiger partial charge on any atom is -0.274 e. The van der Waals surface area contributed by atoms with Crippen molar-refractivity contribution < 1.29 is 9.59 Å². The molecule has 0 radical (unpaired) electrons. The Labute approximate surface area is 121 Å². The maximum absolute atomic E-state index is 12.5. The van der Waals surface area contributed by atoms with Crippen molar-refractivity contribution in [2.24, 2.45) is 11.8 Å². The van der Waals surface area contributed by atoms with Crippen molar-refractivity contribution in [1.82, 2.24) is 0 Å². The van der Waals surface area contributed by atoms with Gasteiger partial charge < -0.3 is 0 Å². The number of anilines is 1. The Morgan fingerprint density at radius 2 is 1.75 bits per heavy atom. The lowest BCUT2D eigenvalue weighted by atomic mass is 9.85. The van der Waals surface area contributed by atoms with E-state index in [2.05, 4.69) is 20.8 Å². The van der Waals surface area contributed by atoms with Gasteiger partial charge in [-0.25, -0.2) is 4.90 Å². The average molecular weight is 273 g/mol. The first kappa shape index (κ1) is 14.8. The van der Waals surface area contributed by atoms with Crippen molar-refractivity contribution in [3.05, 3.63) is 29.8 Å². The Kier molecular flexibility index (Phi) is 3.72. The molecule has 2 amide bonds. The average Bonchev–Trinajstić information content (AvgIpc) is 2.64. The molecule has 0 aromatic heterocycles. The second kappa shape index (κ2) is 5.04. The summed E-state index contributed by atoms with van der Waals surface area (Å²) in [6, 6.07) is 7.71. The van der Waals surface area contributed by atoms with Crippen molar-refractivity contribution in [2.75, 3.05) is 4.90 Å². The number of para-hydroxylation sites is 1.